The third kappa shape index (κ3) is 2.79. The molecule has 1 aromatic rings. The van der Waals surface area contributed by atoms with Crippen LogP contribution in [0.4, 0.5) is 5.82 Å². The Balaban J connectivity index is 2.62. The van der Waals surface area contributed by atoms with E-state index in [1.807, 2.05) is 20.2 Å². The Morgan fingerprint density at radius 2 is 1.91 bits per heavy atom. The fourth-order valence-corrected chi connectivity index (χ4v) is 3.16. The van der Waals surface area contributed by atoms with E-state index in [1.54, 1.807) is 7.05 Å². The highest BCUT2D eigenvalue weighted by Gasteiger charge is 2.29. The van der Waals surface area contributed by atoms with Gasteiger partial charge in [-0.1, -0.05) is 0 Å². The quantitative estimate of drug-likeness (QED) is 0.778. The van der Waals surface area contributed by atoms with Crippen LogP contribution in [-0.2, 0) is 14.1 Å². The molecule has 0 bridgehead atoms. The van der Waals surface area contributed by atoms with Crippen molar-refractivity contribution in [3.8, 4) is 6.07 Å². The van der Waals surface area contributed by atoms with Crippen LogP contribution in [0.15, 0.2) is 9.59 Å². The molecule has 0 unspecified atom stereocenters. The number of likely N-dealkylation sites (N-methyl/N-ethyl adjacent to an activating group) is 1. The third-order valence-electron chi connectivity index (χ3n) is 4.22. The van der Waals surface area contributed by atoms with E-state index in [0.717, 1.165) is 36.9 Å². The molecule has 0 aliphatic carbocycles. The van der Waals surface area contributed by atoms with Crippen LogP contribution in [0.5, 0.6) is 0 Å². The zero-order valence-electron chi connectivity index (χ0n) is 13.7. The molecule has 1 atom stereocenters. The van der Waals surface area contributed by atoms with Crippen LogP contribution >= 0.6 is 0 Å². The number of aromatic nitrogens is 2. The van der Waals surface area contributed by atoms with Gasteiger partial charge < -0.3 is 9.80 Å². The Kier molecular flexibility index (Phi) is 4.71. The van der Waals surface area contributed by atoms with E-state index in [1.165, 1.54) is 11.6 Å². The predicted molar refractivity (Wildman–Crippen MR) is 85.2 cm³/mol. The maximum atomic E-state index is 12.3. The van der Waals surface area contributed by atoms with Gasteiger partial charge in [0.1, 0.15) is 11.9 Å². The summed E-state index contributed by atoms with van der Waals surface area (Å²) in [5.74, 6) is 0.460. The number of rotatable bonds is 3. The molecule has 7 heteroatoms. The van der Waals surface area contributed by atoms with Crippen LogP contribution in [0, 0.1) is 11.3 Å². The molecular weight excluding hydrogens is 282 g/mol. The summed E-state index contributed by atoms with van der Waals surface area (Å²) in [5, 5.41) is 9.42. The molecule has 22 heavy (non-hydrogen) atoms. The monoisotopic (exact) mass is 305 g/mol. The first-order valence-corrected chi connectivity index (χ1v) is 7.50. The lowest BCUT2D eigenvalue weighted by molar-refractivity contribution is 0.325. The van der Waals surface area contributed by atoms with Gasteiger partial charge in [0.25, 0.3) is 5.56 Å². The average molecular weight is 305 g/mol. The van der Waals surface area contributed by atoms with Crippen molar-refractivity contribution in [3.63, 3.8) is 0 Å². The normalized spacial score (nSPS) is 18.5. The first-order chi connectivity index (χ1) is 10.4. The van der Waals surface area contributed by atoms with Gasteiger partial charge in [-0.2, -0.15) is 5.26 Å². The molecule has 2 rings (SSSR count). The smallest absolute Gasteiger partial charge is 0.332 e. The third-order valence-corrected chi connectivity index (χ3v) is 4.22. The minimum atomic E-state index is -0.519. The van der Waals surface area contributed by atoms with Crippen molar-refractivity contribution in [1.29, 1.82) is 5.26 Å². The van der Waals surface area contributed by atoms with E-state index < -0.39 is 11.2 Å². The van der Waals surface area contributed by atoms with Crippen LogP contribution < -0.4 is 16.1 Å². The minimum Gasteiger partial charge on any atom is -0.352 e. The van der Waals surface area contributed by atoms with Gasteiger partial charge in [0.2, 0.25) is 0 Å². The summed E-state index contributed by atoms with van der Waals surface area (Å²) in [5.41, 5.74) is -0.863. The lowest BCUT2D eigenvalue weighted by Gasteiger charge is -2.39. The van der Waals surface area contributed by atoms with E-state index in [2.05, 4.69) is 9.80 Å². The summed E-state index contributed by atoms with van der Waals surface area (Å²) in [7, 11) is 7.03. The number of hydrogen-bond donors (Lipinski definition) is 0. The van der Waals surface area contributed by atoms with Gasteiger partial charge in [-0.3, -0.25) is 13.9 Å². The number of nitrogens with zero attached hydrogens (tertiary/aromatic N) is 5. The maximum absolute atomic E-state index is 12.3. The van der Waals surface area contributed by atoms with E-state index in [0.29, 0.717) is 5.82 Å². The first kappa shape index (κ1) is 16.3. The second kappa shape index (κ2) is 6.36. The van der Waals surface area contributed by atoms with Gasteiger partial charge in [-0.15, -0.1) is 0 Å². The fraction of sp³-hybridized carbons (Fsp3) is 0.667. The lowest BCUT2D eigenvalue weighted by atomic mass is 10.0. The number of piperidine rings is 1. The Morgan fingerprint density at radius 1 is 1.23 bits per heavy atom. The van der Waals surface area contributed by atoms with Crippen LogP contribution in [0.1, 0.15) is 24.8 Å². The standard InChI is InChI=1S/C15H23N5O2/c1-17(2)10-11-7-5-6-8-20(11)13-12(9-16)14(21)19(4)15(22)18(13)3/h11H,5-8,10H2,1-4H3/t11-/m1/s1. The largest absolute Gasteiger partial charge is 0.352 e. The Hall–Kier alpha value is -2.07. The van der Waals surface area contributed by atoms with Crippen molar-refractivity contribution in [2.24, 2.45) is 14.1 Å². The van der Waals surface area contributed by atoms with Crippen molar-refractivity contribution in [2.45, 2.75) is 25.3 Å². The maximum Gasteiger partial charge on any atom is 0.332 e. The lowest BCUT2D eigenvalue weighted by Crippen LogP contribution is -2.50. The van der Waals surface area contributed by atoms with E-state index in [9.17, 15) is 14.9 Å². The van der Waals surface area contributed by atoms with Crippen molar-refractivity contribution in [3.05, 3.63) is 26.4 Å². The van der Waals surface area contributed by atoms with E-state index in [-0.39, 0.29) is 11.6 Å². The molecular formula is C15H23N5O2. The van der Waals surface area contributed by atoms with Crippen LogP contribution in [0.3, 0.4) is 0 Å². The SMILES string of the molecule is CN(C)C[C@H]1CCCCN1c1c(C#N)c(=O)n(C)c(=O)n1C. The van der Waals surface area contributed by atoms with Crippen molar-refractivity contribution < 1.29 is 0 Å². The minimum absolute atomic E-state index is 0.0512. The van der Waals surface area contributed by atoms with Gasteiger partial charge in [0.05, 0.1) is 0 Å². The molecule has 1 saturated heterocycles. The van der Waals surface area contributed by atoms with Crippen LogP contribution in [0.2, 0.25) is 0 Å². The highest BCUT2D eigenvalue weighted by molar-refractivity contribution is 5.54. The molecule has 0 aromatic carbocycles. The Bertz CT molecular complexity index is 710. The van der Waals surface area contributed by atoms with Crippen molar-refractivity contribution in [1.82, 2.24) is 14.0 Å². The highest BCUT2D eigenvalue weighted by atomic mass is 16.2. The Morgan fingerprint density at radius 3 is 2.50 bits per heavy atom. The molecule has 1 aromatic heterocycles. The molecule has 0 amide bonds. The van der Waals surface area contributed by atoms with Gasteiger partial charge in [-0.25, -0.2) is 4.79 Å². The zero-order valence-corrected chi connectivity index (χ0v) is 13.7. The summed E-state index contributed by atoms with van der Waals surface area (Å²) in [4.78, 5) is 28.6. The van der Waals surface area contributed by atoms with Crippen molar-refractivity contribution in [2.75, 3.05) is 32.1 Å². The predicted octanol–water partition coefficient (Wildman–Crippen LogP) is -0.124. The molecule has 0 spiro atoms. The summed E-state index contributed by atoms with van der Waals surface area (Å²) < 4.78 is 2.42. The molecule has 1 aliphatic heterocycles. The topological polar surface area (TPSA) is 74.3 Å². The molecule has 0 saturated carbocycles. The molecule has 0 N–H and O–H groups in total. The van der Waals surface area contributed by atoms with Crippen molar-refractivity contribution >= 4 is 5.82 Å². The van der Waals surface area contributed by atoms with Crippen LogP contribution in [-0.4, -0.2) is 47.3 Å². The zero-order chi connectivity index (χ0) is 16.4. The van der Waals surface area contributed by atoms with Crippen LogP contribution in [0.25, 0.3) is 0 Å². The second-order valence-corrected chi connectivity index (χ2v) is 6.12. The second-order valence-electron chi connectivity index (χ2n) is 6.12. The molecule has 7 nitrogen and oxygen atoms in total. The Labute approximate surface area is 130 Å². The molecule has 0 radical (unpaired) electrons. The van der Waals surface area contributed by atoms with Gasteiger partial charge >= 0.3 is 5.69 Å². The summed E-state index contributed by atoms with van der Waals surface area (Å²) in [6.07, 6.45) is 3.11. The van der Waals surface area contributed by atoms with Gasteiger partial charge in [0, 0.05) is 33.2 Å². The van der Waals surface area contributed by atoms with Gasteiger partial charge in [-0.05, 0) is 33.4 Å². The summed E-state index contributed by atoms with van der Waals surface area (Å²) in [6, 6.07) is 2.20. The number of hydrogen-bond acceptors (Lipinski definition) is 5. The molecule has 1 fully saturated rings. The number of anilines is 1. The molecule has 2 heterocycles. The summed E-state index contributed by atoms with van der Waals surface area (Å²) in [6.45, 7) is 1.59. The fourth-order valence-electron chi connectivity index (χ4n) is 3.16. The first-order valence-electron chi connectivity index (χ1n) is 7.50. The molecule has 1 aliphatic rings. The highest BCUT2D eigenvalue weighted by Crippen LogP contribution is 2.25. The summed E-state index contributed by atoms with van der Waals surface area (Å²) >= 11 is 0. The average Bonchev–Trinajstić information content (AvgIpc) is 2.49. The number of nitriles is 1. The van der Waals surface area contributed by atoms with Gasteiger partial charge in [0.15, 0.2) is 5.56 Å². The van der Waals surface area contributed by atoms with E-state index >= 15 is 0 Å². The van der Waals surface area contributed by atoms with E-state index in [4.69, 9.17) is 0 Å². The molecule has 120 valence electrons.